The van der Waals surface area contributed by atoms with Gasteiger partial charge in [-0.1, -0.05) is 13.3 Å². The number of carbonyl (C=O) groups is 1. The molecule has 4 heteroatoms. The predicted octanol–water partition coefficient (Wildman–Crippen LogP) is 2.56. The number of hydrogen-bond donors (Lipinski definition) is 2. The second kappa shape index (κ2) is 5.70. The molecule has 0 aliphatic heterocycles. The number of aromatic carboxylic acids is 1. The summed E-state index contributed by atoms with van der Waals surface area (Å²) in [4.78, 5) is 10.7. The molecule has 0 fully saturated rings. The molecule has 1 heterocycles. The van der Waals surface area contributed by atoms with E-state index in [1.54, 1.807) is 13.0 Å². The number of carboxylic acid groups (broad SMARTS) is 1. The molecule has 1 unspecified atom stereocenters. The Morgan fingerprint density at radius 3 is 2.81 bits per heavy atom. The number of aryl methyl sites for hydroxylation is 1. The lowest BCUT2D eigenvalue weighted by atomic mass is 10.2. The molecule has 0 amide bonds. The normalized spacial score (nSPS) is 12.7. The van der Waals surface area contributed by atoms with E-state index >= 15 is 0 Å². The molecule has 0 radical (unpaired) electrons. The zero-order chi connectivity index (χ0) is 12.1. The Kier molecular flexibility index (Phi) is 4.55. The Hall–Kier alpha value is -1.29. The van der Waals surface area contributed by atoms with Crippen LogP contribution in [-0.2, 0) is 6.54 Å². The highest BCUT2D eigenvalue weighted by molar-refractivity contribution is 5.84. The summed E-state index contributed by atoms with van der Waals surface area (Å²) in [7, 11) is 0. The minimum absolute atomic E-state index is 0.0115. The van der Waals surface area contributed by atoms with Crippen molar-refractivity contribution in [2.24, 2.45) is 0 Å². The third kappa shape index (κ3) is 3.38. The second-order valence-electron chi connectivity index (χ2n) is 4.07. The molecule has 0 saturated heterocycles. The fourth-order valence-corrected chi connectivity index (χ4v) is 1.62. The summed E-state index contributed by atoms with van der Waals surface area (Å²) in [6, 6.07) is 2.02. The molecule has 16 heavy (non-hydrogen) atoms. The average Bonchev–Trinajstić information content (AvgIpc) is 2.58. The van der Waals surface area contributed by atoms with E-state index in [1.807, 2.05) is 0 Å². The van der Waals surface area contributed by atoms with Crippen LogP contribution in [0, 0.1) is 6.92 Å². The van der Waals surface area contributed by atoms with Crippen molar-refractivity contribution in [3.8, 4) is 0 Å². The molecule has 0 spiro atoms. The van der Waals surface area contributed by atoms with E-state index in [0.29, 0.717) is 18.3 Å². The van der Waals surface area contributed by atoms with Crippen LogP contribution in [0.15, 0.2) is 10.5 Å². The maximum atomic E-state index is 10.7. The predicted molar refractivity (Wildman–Crippen MR) is 61.6 cm³/mol. The van der Waals surface area contributed by atoms with Crippen LogP contribution in [-0.4, -0.2) is 17.1 Å². The summed E-state index contributed by atoms with van der Waals surface area (Å²) < 4.78 is 5.13. The largest absolute Gasteiger partial charge is 0.475 e. The van der Waals surface area contributed by atoms with Gasteiger partial charge in [0.05, 0.1) is 0 Å². The van der Waals surface area contributed by atoms with Crippen molar-refractivity contribution in [3.63, 3.8) is 0 Å². The van der Waals surface area contributed by atoms with Crippen LogP contribution in [0.5, 0.6) is 0 Å². The van der Waals surface area contributed by atoms with Gasteiger partial charge in [-0.25, -0.2) is 4.79 Å². The van der Waals surface area contributed by atoms with Gasteiger partial charge in [-0.05, 0) is 26.3 Å². The van der Waals surface area contributed by atoms with Gasteiger partial charge in [0.25, 0.3) is 0 Å². The molecule has 90 valence electrons. The number of carboxylic acids is 1. The lowest BCUT2D eigenvalue weighted by Crippen LogP contribution is -2.25. The Labute approximate surface area is 95.7 Å². The average molecular weight is 225 g/mol. The third-order valence-corrected chi connectivity index (χ3v) is 2.59. The first-order chi connectivity index (χ1) is 7.54. The van der Waals surface area contributed by atoms with E-state index < -0.39 is 5.97 Å². The Balaban J connectivity index is 2.57. The highest BCUT2D eigenvalue weighted by atomic mass is 16.4. The van der Waals surface area contributed by atoms with Gasteiger partial charge in [-0.3, -0.25) is 0 Å². The molecule has 0 bridgehead atoms. The van der Waals surface area contributed by atoms with E-state index in [4.69, 9.17) is 9.52 Å². The molecule has 0 aliphatic carbocycles. The van der Waals surface area contributed by atoms with Gasteiger partial charge in [0.1, 0.15) is 5.76 Å². The van der Waals surface area contributed by atoms with Gasteiger partial charge in [0.2, 0.25) is 5.76 Å². The second-order valence-corrected chi connectivity index (χ2v) is 4.07. The SMILES string of the molecule is CCCC(C)NCc1cc(C(=O)O)oc1C. The minimum Gasteiger partial charge on any atom is -0.475 e. The molecule has 0 saturated carbocycles. The van der Waals surface area contributed by atoms with Crippen molar-refractivity contribution in [1.29, 1.82) is 0 Å². The highest BCUT2D eigenvalue weighted by Crippen LogP contribution is 2.14. The first-order valence-corrected chi connectivity index (χ1v) is 5.60. The van der Waals surface area contributed by atoms with Crippen molar-refractivity contribution >= 4 is 5.97 Å². The van der Waals surface area contributed by atoms with E-state index in [2.05, 4.69) is 19.2 Å². The number of rotatable bonds is 6. The van der Waals surface area contributed by atoms with E-state index in [1.165, 1.54) is 0 Å². The quantitative estimate of drug-likeness (QED) is 0.781. The first-order valence-electron chi connectivity index (χ1n) is 5.60. The molecular formula is C12H19NO3. The summed E-state index contributed by atoms with van der Waals surface area (Å²) in [5.74, 6) is -0.331. The summed E-state index contributed by atoms with van der Waals surface area (Å²) >= 11 is 0. The van der Waals surface area contributed by atoms with Crippen LogP contribution in [0.1, 0.15) is 48.6 Å². The van der Waals surface area contributed by atoms with Gasteiger partial charge in [0, 0.05) is 18.2 Å². The van der Waals surface area contributed by atoms with Gasteiger partial charge < -0.3 is 14.8 Å². The summed E-state index contributed by atoms with van der Waals surface area (Å²) in [5.41, 5.74) is 0.917. The zero-order valence-corrected chi connectivity index (χ0v) is 10.0. The fourth-order valence-electron chi connectivity index (χ4n) is 1.62. The number of hydrogen-bond acceptors (Lipinski definition) is 3. The van der Waals surface area contributed by atoms with Crippen LogP contribution in [0.4, 0.5) is 0 Å². The molecule has 1 atom stereocenters. The lowest BCUT2D eigenvalue weighted by Gasteiger charge is -2.11. The maximum Gasteiger partial charge on any atom is 0.371 e. The van der Waals surface area contributed by atoms with Crippen LogP contribution in [0.3, 0.4) is 0 Å². The van der Waals surface area contributed by atoms with Crippen molar-refractivity contribution in [2.45, 2.75) is 46.2 Å². The fraction of sp³-hybridized carbons (Fsp3) is 0.583. The number of furan rings is 1. The van der Waals surface area contributed by atoms with E-state index in [0.717, 1.165) is 18.4 Å². The summed E-state index contributed by atoms with van der Waals surface area (Å²) in [6.07, 6.45) is 2.25. The Morgan fingerprint density at radius 2 is 2.31 bits per heavy atom. The molecule has 0 aliphatic rings. The Morgan fingerprint density at radius 1 is 1.62 bits per heavy atom. The Bertz CT molecular complexity index is 357. The summed E-state index contributed by atoms with van der Waals surface area (Å²) in [5, 5.41) is 12.1. The summed E-state index contributed by atoms with van der Waals surface area (Å²) in [6.45, 7) is 6.71. The van der Waals surface area contributed by atoms with Crippen LogP contribution < -0.4 is 5.32 Å². The standard InChI is InChI=1S/C12H19NO3/c1-4-5-8(2)13-7-10-6-11(12(14)15)16-9(10)3/h6,8,13H,4-5,7H2,1-3H3,(H,14,15). The van der Waals surface area contributed by atoms with Crippen LogP contribution in [0.25, 0.3) is 0 Å². The van der Waals surface area contributed by atoms with Crippen LogP contribution >= 0.6 is 0 Å². The third-order valence-electron chi connectivity index (χ3n) is 2.59. The van der Waals surface area contributed by atoms with Crippen molar-refractivity contribution in [3.05, 3.63) is 23.2 Å². The number of nitrogens with one attached hydrogen (secondary N) is 1. The molecule has 1 aromatic rings. The van der Waals surface area contributed by atoms with Gasteiger partial charge >= 0.3 is 5.97 Å². The highest BCUT2D eigenvalue weighted by Gasteiger charge is 2.13. The van der Waals surface area contributed by atoms with Crippen molar-refractivity contribution in [1.82, 2.24) is 5.32 Å². The van der Waals surface area contributed by atoms with Gasteiger partial charge in [0.15, 0.2) is 0 Å². The molecular weight excluding hydrogens is 206 g/mol. The van der Waals surface area contributed by atoms with Crippen LogP contribution in [0.2, 0.25) is 0 Å². The molecule has 2 N–H and O–H groups in total. The minimum atomic E-state index is -1.02. The van der Waals surface area contributed by atoms with Gasteiger partial charge in [-0.15, -0.1) is 0 Å². The molecule has 4 nitrogen and oxygen atoms in total. The molecule has 1 aromatic heterocycles. The van der Waals surface area contributed by atoms with Gasteiger partial charge in [-0.2, -0.15) is 0 Å². The first kappa shape index (κ1) is 12.8. The topological polar surface area (TPSA) is 62.5 Å². The lowest BCUT2D eigenvalue weighted by molar-refractivity contribution is 0.0661. The molecule has 0 aromatic carbocycles. The smallest absolute Gasteiger partial charge is 0.371 e. The maximum absolute atomic E-state index is 10.7. The zero-order valence-electron chi connectivity index (χ0n) is 10.0. The molecule has 1 rings (SSSR count). The van der Waals surface area contributed by atoms with E-state index in [-0.39, 0.29) is 5.76 Å². The van der Waals surface area contributed by atoms with Crippen molar-refractivity contribution in [2.75, 3.05) is 0 Å². The van der Waals surface area contributed by atoms with E-state index in [9.17, 15) is 4.79 Å². The van der Waals surface area contributed by atoms with Crippen molar-refractivity contribution < 1.29 is 14.3 Å². The monoisotopic (exact) mass is 225 g/mol.